The molecule has 2 aromatic rings. The molecule has 2 amide bonds. The molecular formula is C14H18N4O2. The zero-order valence-electron chi connectivity index (χ0n) is 11.4. The van der Waals surface area contributed by atoms with Gasteiger partial charge in [-0.3, -0.25) is 0 Å². The normalized spacial score (nSPS) is 10.2. The quantitative estimate of drug-likeness (QED) is 0.787. The summed E-state index contributed by atoms with van der Waals surface area (Å²) in [6.07, 6.45) is 1.85. The van der Waals surface area contributed by atoms with Crippen molar-refractivity contribution in [1.82, 2.24) is 20.8 Å². The summed E-state index contributed by atoms with van der Waals surface area (Å²) in [5.41, 5.74) is 1.27. The number of urea groups is 1. The zero-order chi connectivity index (χ0) is 14.2. The molecule has 0 unspecified atom stereocenters. The molecule has 0 fully saturated rings. The fourth-order valence-corrected chi connectivity index (χ4v) is 1.77. The molecular weight excluding hydrogens is 256 g/mol. The third-order valence-corrected chi connectivity index (χ3v) is 2.74. The van der Waals surface area contributed by atoms with E-state index in [1.54, 1.807) is 6.92 Å². The molecule has 0 aliphatic heterocycles. The average Bonchev–Trinajstić information content (AvgIpc) is 2.88. The Kier molecular flexibility index (Phi) is 5.11. The summed E-state index contributed by atoms with van der Waals surface area (Å²) in [4.78, 5) is 15.5. The maximum atomic E-state index is 11.5. The lowest BCUT2D eigenvalue weighted by Gasteiger charge is -2.05. The van der Waals surface area contributed by atoms with Crippen molar-refractivity contribution in [3.05, 3.63) is 47.6 Å². The molecule has 1 aromatic heterocycles. The largest absolute Gasteiger partial charge is 0.338 e. The molecule has 0 spiro atoms. The fourth-order valence-electron chi connectivity index (χ4n) is 1.77. The Bertz CT molecular complexity index is 539. The number of hydrogen-bond donors (Lipinski definition) is 2. The predicted molar refractivity (Wildman–Crippen MR) is 74.0 cm³/mol. The van der Waals surface area contributed by atoms with Gasteiger partial charge in [0.2, 0.25) is 5.89 Å². The van der Waals surface area contributed by atoms with Crippen molar-refractivity contribution < 1.29 is 9.32 Å². The average molecular weight is 274 g/mol. The second kappa shape index (κ2) is 7.28. The number of nitrogens with zero attached hydrogens (tertiary/aromatic N) is 2. The van der Waals surface area contributed by atoms with E-state index >= 15 is 0 Å². The van der Waals surface area contributed by atoms with Gasteiger partial charge in [-0.25, -0.2) is 4.79 Å². The third kappa shape index (κ3) is 4.72. The summed E-state index contributed by atoms with van der Waals surface area (Å²) in [5.74, 6) is 0.965. The molecule has 6 heteroatoms. The SMILES string of the molecule is Cc1noc(CNC(=O)NCCCc2ccccc2)n1. The number of carbonyl (C=O) groups is 1. The van der Waals surface area contributed by atoms with Gasteiger partial charge in [0, 0.05) is 6.54 Å². The lowest BCUT2D eigenvalue weighted by molar-refractivity contribution is 0.238. The topological polar surface area (TPSA) is 80.0 Å². The van der Waals surface area contributed by atoms with Gasteiger partial charge in [0.15, 0.2) is 5.82 Å². The van der Waals surface area contributed by atoms with Gasteiger partial charge in [-0.15, -0.1) is 0 Å². The molecule has 1 aromatic carbocycles. The summed E-state index contributed by atoms with van der Waals surface area (Å²) in [6.45, 7) is 2.60. The smallest absolute Gasteiger partial charge is 0.315 e. The van der Waals surface area contributed by atoms with Gasteiger partial charge in [0.1, 0.15) is 0 Å². The number of rotatable bonds is 6. The highest BCUT2D eigenvalue weighted by Gasteiger charge is 2.04. The van der Waals surface area contributed by atoms with Crippen LogP contribution in [0.5, 0.6) is 0 Å². The Labute approximate surface area is 117 Å². The van der Waals surface area contributed by atoms with Crippen LogP contribution in [0.1, 0.15) is 23.7 Å². The minimum absolute atomic E-state index is 0.228. The molecule has 0 saturated heterocycles. The van der Waals surface area contributed by atoms with Crippen LogP contribution < -0.4 is 10.6 Å². The Morgan fingerprint density at radius 1 is 1.25 bits per heavy atom. The molecule has 2 N–H and O–H groups in total. The molecule has 0 atom stereocenters. The summed E-state index contributed by atoms with van der Waals surface area (Å²) in [7, 11) is 0. The third-order valence-electron chi connectivity index (χ3n) is 2.74. The summed E-state index contributed by atoms with van der Waals surface area (Å²) in [5, 5.41) is 9.10. The highest BCUT2D eigenvalue weighted by Crippen LogP contribution is 2.01. The number of benzene rings is 1. The van der Waals surface area contributed by atoms with Crippen LogP contribution in [0.4, 0.5) is 4.79 Å². The van der Waals surface area contributed by atoms with Gasteiger partial charge >= 0.3 is 6.03 Å². The molecule has 0 saturated carbocycles. The van der Waals surface area contributed by atoms with Crippen molar-refractivity contribution in [2.75, 3.05) is 6.54 Å². The van der Waals surface area contributed by atoms with Gasteiger partial charge in [-0.1, -0.05) is 35.5 Å². The summed E-state index contributed by atoms with van der Waals surface area (Å²) < 4.78 is 4.89. The second-order valence-electron chi connectivity index (χ2n) is 4.43. The monoisotopic (exact) mass is 274 g/mol. The van der Waals surface area contributed by atoms with Crippen LogP contribution in [0, 0.1) is 6.92 Å². The molecule has 0 bridgehead atoms. The zero-order valence-corrected chi connectivity index (χ0v) is 11.4. The van der Waals surface area contributed by atoms with Crippen LogP contribution in [0.3, 0.4) is 0 Å². The molecule has 20 heavy (non-hydrogen) atoms. The summed E-state index contributed by atoms with van der Waals surface area (Å²) >= 11 is 0. The van der Waals surface area contributed by atoms with Crippen molar-refractivity contribution in [2.24, 2.45) is 0 Å². The van der Waals surface area contributed by atoms with Crippen molar-refractivity contribution in [3.63, 3.8) is 0 Å². The molecule has 106 valence electrons. The Hall–Kier alpha value is -2.37. The first-order chi connectivity index (χ1) is 9.74. The van der Waals surface area contributed by atoms with E-state index in [9.17, 15) is 4.79 Å². The first kappa shape index (κ1) is 14.0. The summed E-state index contributed by atoms with van der Waals surface area (Å²) in [6, 6.07) is 9.96. The minimum atomic E-state index is -0.228. The molecule has 0 aliphatic carbocycles. The highest BCUT2D eigenvalue weighted by molar-refractivity contribution is 5.73. The second-order valence-corrected chi connectivity index (χ2v) is 4.43. The molecule has 2 rings (SSSR count). The van der Waals surface area contributed by atoms with Crippen LogP contribution in [-0.2, 0) is 13.0 Å². The van der Waals surface area contributed by atoms with E-state index in [0.717, 1.165) is 12.8 Å². The van der Waals surface area contributed by atoms with E-state index in [2.05, 4.69) is 32.9 Å². The number of carbonyl (C=O) groups excluding carboxylic acids is 1. The Balaban J connectivity index is 1.58. The van der Waals surface area contributed by atoms with Crippen molar-refractivity contribution in [1.29, 1.82) is 0 Å². The van der Waals surface area contributed by atoms with Gasteiger partial charge in [-0.2, -0.15) is 4.98 Å². The van der Waals surface area contributed by atoms with E-state index in [-0.39, 0.29) is 12.6 Å². The predicted octanol–water partition coefficient (Wildman–Crippen LogP) is 1.81. The van der Waals surface area contributed by atoms with Gasteiger partial charge in [-0.05, 0) is 25.3 Å². The first-order valence-corrected chi connectivity index (χ1v) is 6.59. The number of hydrogen-bond acceptors (Lipinski definition) is 4. The van der Waals surface area contributed by atoms with Crippen LogP contribution in [-0.4, -0.2) is 22.7 Å². The number of aromatic nitrogens is 2. The molecule has 0 aliphatic rings. The minimum Gasteiger partial charge on any atom is -0.338 e. The Morgan fingerprint density at radius 2 is 2.05 bits per heavy atom. The number of aryl methyl sites for hydroxylation is 2. The van der Waals surface area contributed by atoms with E-state index in [1.165, 1.54) is 5.56 Å². The highest BCUT2D eigenvalue weighted by atomic mass is 16.5. The molecule has 1 heterocycles. The maximum Gasteiger partial charge on any atom is 0.315 e. The van der Waals surface area contributed by atoms with Crippen LogP contribution in [0.15, 0.2) is 34.9 Å². The number of nitrogens with one attached hydrogen (secondary N) is 2. The van der Waals surface area contributed by atoms with Gasteiger partial charge < -0.3 is 15.2 Å². The van der Waals surface area contributed by atoms with E-state index < -0.39 is 0 Å². The first-order valence-electron chi connectivity index (χ1n) is 6.59. The van der Waals surface area contributed by atoms with Crippen molar-refractivity contribution in [3.8, 4) is 0 Å². The van der Waals surface area contributed by atoms with Crippen LogP contribution in [0.2, 0.25) is 0 Å². The van der Waals surface area contributed by atoms with Crippen LogP contribution >= 0.6 is 0 Å². The maximum absolute atomic E-state index is 11.5. The number of amides is 2. The molecule has 6 nitrogen and oxygen atoms in total. The van der Waals surface area contributed by atoms with E-state index in [1.807, 2.05) is 18.2 Å². The standard InChI is InChI=1S/C14H18N4O2/c1-11-17-13(20-18-11)10-16-14(19)15-9-5-8-12-6-3-2-4-7-12/h2-4,6-7H,5,8-10H2,1H3,(H2,15,16,19). The van der Waals surface area contributed by atoms with Gasteiger partial charge in [0.25, 0.3) is 0 Å². The fraction of sp³-hybridized carbons (Fsp3) is 0.357. The van der Waals surface area contributed by atoms with Crippen molar-refractivity contribution in [2.45, 2.75) is 26.3 Å². The molecule has 0 radical (unpaired) electrons. The Morgan fingerprint density at radius 3 is 2.75 bits per heavy atom. The van der Waals surface area contributed by atoms with E-state index in [0.29, 0.717) is 18.3 Å². The lowest BCUT2D eigenvalue weighted by atomic mass is 10.1. The van der Waals surface area contributed by atoms with Crippen LogP contribution in [0.25, 0.3) is 0 Å². The van der Waals surface area contributed by atoms with Gasteiger partial charge in [0.05, 0.1) is 6.54 Å². The van der Waals surface area contributed by atoms with Crippen molar-refractivity contribution >= 4 is 6.03 Å². The lowest BCUT2D eigenvalue weighted by Crippen LogP contribution is -2.35. The van der Waals surface area contributed by atoms with E-state index in [4.69, 9.17) is 4.52 Å².